The summed E-state index contributed by atoms with van der Waals surface area (Å²) in [6.45, 7) is 5.70. The number of aromatic nitrogens is 5. The summed E-state index contributed by atoms with van der Waals surface area (Å²) in [7, 11) is 1.54. The second-order valence-electron chi connectivity index (χ2n) is 8.09. The maximum absolute atomic E-state index is 14.4. The number of rotatable bonds is 7. The summed E-state index contributed by atoms with van der Waals surface area (Å²) in [5.41, 5.74) is 0.931. The third kappa shape index (κ3) is 4.98. The van der Waals surface area contributed by atoms with Gasteiger partial charge in [-0.1, -0.05) is 6.92 Å². The number of hydrogen-bond donors (Lipinski definition) is 1. The molecule has 35 heavy (non-hydrogen) atoms. The number of anilines is 2. The van der Waals surface area contributed by atoms with Crippen molar-refractivity contribution >= 4 is 11.6 Å². The Balaban J connectivity index is 1.74. The monoisotopic (exact) mass is 488 g/mol. The highest BCUT2D eigenvalue weighted by Gasteiger charge is 2.31. The molecule has 1 N–H and O–H groups in total. The van der Waals surface area contributed by atoms with Gasteiger partial charge in [-0.15, -0.1) is 5.10 Å². The van der Waals surface area contributed by atoms with E-state index in [1.54, 1.807) is 25.6 Å². The van der Waals surface area contributed by atoms with Crippen molar-refractivity contribution < 1.29 is 22.3 Å². The minimum absolute atomic E-state index is 0.126. The molecule has 0 fully saturated rings. The molecule has 2 aromatic heterocycles. The summed E-state index contributed by atoms with van der Waals surface area (Å²) in [6, 6.07) is 7.43. The summed E-state index contributed by atoms with van der Waals surface area (Å²) >= 11 is 0. The van der Waals surface area contributed by atoms with Crippen molar-refractivity contribution in [1.82, 2.24) is 24.3 Å². The molecule has 0 radical (unpaired) electrons. The van der Waals surface area contributed by atoms with Crippen molar-refractivity contribution in [2.24, 2.45) is 0 Å². The van der Waals surface area contributed by atoms with Gasteiger partial charge in [-0.25, -0.2) is 14.1 Å². The zero-order chi connectivity index (χ0) is 25.3. The Bertz CT molecular complexity index is 1340. The Hall–Kier alpha value is -3.89. The van der Waals surface area contributed by atoms with Crippen molar-refractivity contribution in [2.75, 3.05) is 12.4 Å². The number of nitrogens with zero attached hydrogens (tertiary/aromatic N) is 5. The van der Waals surface area contributed by atoms with E-state index in [1.807, 2.05) is 37.6 Å². The summed E-state index contributed by atoms with van der Waals surface area (Å²) in [4.78, 5) is 8.71. The summed E-state index contributed by atoms with van der Waals surface area (Å²) in [5.74, 6) is 0.158. The molecular formula is C24H24F4N6O. The minimum atomic E-state index is -4.61. The number of alkyl halides is 3. The Morgan fingerprint density at radius 3 is 2.54 bits per heavy atom. The summed E-state index contributed by atoms with van der Waals surface area (Å²) in [5, 5.41) is 7.25. The first-order valence-electron chi connectivity index (χ1n) is 10.9. The third-order valence-electron chi connectivity index (χ3n) is 5.61. The maximum Gasteiger partial charge on any atom is 0.416 e. The molecule has 7 nitrogen and oxygen atoms in total. The first-order chi connectivity index (χ1) is 16.6. The first-order valence-corrected chi connectivity index (χ1v) is 10.9. The lowest BCUT2D eigenvalue weighted by Gasteiger charge is -2.14. The highest BCUT2D eigenvalue weighted by molar-refractivity contribution is 5.65. The number of aryl methyl sites for hydroxylation is 1. The Morgan fingerprint density at radius 1 is 1.14 bits per heavy atom. The molecule has 0 aliphatic rings. The average Bonchev–Trinajstić information content (AvgIpc) is 3.45. The van der Waals surface area contributed by atoms with E-state index >= 15 is 0 Å². The lowest BCUT2D eigenvalue weighted by molar-refractivity contribution is -0.137. The Morgan fingerprint density at radius 2 is 1.91 bits per heavy atom. The lowest BCUT2D eigenvalue weighted by Crippen LogP contribution is -2.11. The molecule has 1 atom stereocenters. The molecule has 0 bridgehead atoms. The fourth-order valence-corrected chi connectivity index (χ4v) is 3.51. The van der Waals surface area contributed by atoms with Crippen molar-refractivity contribution in [1.29, 1.82) is 0 Å². The third-order valence-corrected chi connectivity index (χ3v) is 5.61. The van der Waals surface area contributed by atoms with Gasteiger partial charge in [-0.3, -0.25) is 0 Å². The van der Waals surface area contributed by atoms with Crippen molar-refractivity contribution in [2.45, 2.75) is 39.4 Å². The number of benzene rings is 2. The Kier molecular flexibility index (Phi) is 6.51. The first kappa shape index (κ1) is 24.2. The van der Waals surface area contributed by atoms with E-state index in [-0.39, 0.29) is 17.7 Å². The molecule has 0 saturated heterocycles. The van der Waals surface area contributed by atoms with Crippen LogP contribution in [0.4, 0.5) is 29.2 Å². The number of nitrogens with one attached hydrogen (secondary N) is 1. The highest BCUT2D eigenvalue weighted by atomic mass is 19.4. The number of halogens is 4. The van der Waals surface area contributed by atoms with Gasteiger partial charge in [0.2, 0.25) is 5.95 Å². The van der Waals surface area contributed by atoms with E-state index in [4.69, 9.17) is 4.74 Å². The predicted molar refractivity (Wildman–Crippen MR) is 124 cm³/mol. The zero-order valence-corrected chi connectivity index (χ0v) is 19.6. The maximum atomic E-state index is 14.4. The van der Waals surface area contributed by atoms with Crippen LogP contribution in [0, 0.1) is 12.7 Å². The van der Waals surface area contributed by atoms with Crippen LogP contribution in [-0.4, -0.2) is 31.4 Å². The molecule has 4 aromatic rings. The second kappa shape index (κ2) is 9.40. The van der Waals surface area contributed by atoms with E-state index in [2.05, 4.69) is 20.4 Å². The van der Waals surface area contributed by atoms with Crippen molar-refractivity contribution in [3.05, 3.63) is 66.0 Å². The van der Waals surface area contributed by atoms with Crippen molar-refractivity contribution in [3.8, 4) is 22.8 Å². The van der Waals surface area contributed by atoms with Gasteiger partial charge >= 0.3 is 6.18 Å². The molecule has 184 valence electrons. The molecule has 0 spiro atoms. The van der Waals surface area contributed by atoms with Gasteiger partial charge in [-0.05, 0) is 56.7 Å². The molecule has 0 aliphatic heterocycles. The van der Waals surface area contributed by atoms with Crippen LogP contribution in [0.5, 0.6) is 5.75 Å². The standard InChI is InChI=1S/C24H24F4N6O/c1-5-15(3)34-23(30-19-11-17(24(26,27)28)7-8-18(19)25)31-22(32-34)16-6-9-20(21(10-16)35-4)33-12-14(2)29-13-33/h6-13,15H,5H2,1-4H3,(H,30,31,32). The molecule has 0 aliphatic carbocycles. The average molecular weight is 488 g/mol. The SMILES string of the molecule is CCC(C)n1nc(-c2ccc(-n3cnc(C)c3)c(OC)c2)nc1Nc1cc(C(F)(F)F)ccc1F. The second-order valence-corrected chi connectivity index (χ2v) is 8.09. The number of imidazole rings is 1. The highest BCUT2D eigenvalue weighted by Crippen LogP contribution is 2.34. The molecule has 1 unspecified atom stereocenters. The quantitative estimate of drug-likeness (QED) is 0.308. The van der Waals surface area contributed by atoms with Crippen LogP contribution in [0.15, 0.2) is 48.9 Å². The van der Waals surface area contributed by atoms with Crippen molar-refractivity contribution in [3.63, 3.8) is 0 Å². The fraction of sp³-hybridized carbons (Fsp3) is 0.292. The van der Waals surface area contributed by atoms with Crippen LogP contribution in [0.1, 0.15) is 37.6 Å². The number of hydrogen-bond acceptors (Lipinski definition) is 5. The van der Waals surface area contributed by atoms with E-state index in [0.29, 0.717) is 29.6 Å². The van der Waals surface area contributed by atoms with Crippen LogP contribution in [0.3, 0.4) is 0 Å². The minimum Gasteiger partial charge on any atom is -0.495 e. The van der Waals surface area contributed by atoms with Gasteiger partial charge in [0.15, 0.2) is 5.82 Å². The molecule has 2 aromatic carbocycles. The Labute approximate surface area is 199 Å². The smallest absolute Gasteiger partial charge is 0.416 e. The van der Waals surface area contributed by atoms with Crippen LogP contribution in [-0.2, 0) is 6.18 Å². The molecular weight excluding hydrogens is 464 g/mol. The van der Waals surface area contributed by atoms with Gasteiger partial charge in [0.1, 0.15) is 11.6 Å². The van der Waals surface area contributed by atoms with Gasteiger partial charge in [0, 0.05) is 11.8 Å². The van der Waals surface area contributed by atoms with Gasteiger partial charge in [0.25, 0.3) is 0 Å². The molecule has 0 saturated carbocycles. The summed E-state index contributed by atoms with van der Waals surface area (Å²) in [6.07, 6.45) is -0.399. The molecule has 11 heteroatoms. The van der Waals surface area contributed by atoms with E-state index in [9.17, 15) is 17.6 Å². The number of ether oxygens (including phenoxy) is 1. The van der Waals surface area contributed by atoms with E-state index < -0.39 is 17.6 Å². The molecule has 0 amide bonds. The normalized spacial score (nSPS) is 12.6. The number of methoxy groups -OCH3 is 1. The van der Waals surface area contributed by atoms with E-state index in [0.717, 1.165) is 23.5 Å². The molecule has 2 heterocycles. The fourth-order valence-electron chi connectivity index (χ4n) is 3.51. The van der Waals surface area contributed by atoms with Crippen LogP contribution in [0.2, 0.25) is 0 Å². The topological polar surface area (TPSA) is 69.8 Å². The van der Waals surface area contributed by atoms with Gasteiger partial charge < -0.3 is 14.6 Å². The summed E-state index contributed by atoms with van der Waals surface area (Å²) < 4.78 is 62.8. The van der Waals surface area contributed by atoms with Gasteiger partial charge in [-0.2, -0.15) is 18.2 Å². The van der Waals surface area contributed by atoms with Crippen LogP contribution < -0.4 is 10.1 Å². The largest absolute Gasteiger partial charge is 0.495 e. The predicted octanol–water partition coefficient (Wildman–Crippen LogP) is 6.32. The van der Waals surface area contributed by atoms with Crippen LogP contribution >= 0.6 is 0 Å². The van der Waals surface area contributed by atoms with Crippen LogP contribution in [0.25, 0.3) is 17.1 Å². The van der Waals surface area contributed by atoms with Gasteiger partial charge in [0.05, 0.1) is 42.1 Å². The lowest BCUT2D eigenvalue weighted by atomic mass is 10.1. The zero-order valence-electron chi connectivity index (χ0n) is 19.6. The molecule has 4 rings (SSSR count). The van der Waals surface area contributed by atoms with E-state index in [1.165, 1.54) is 4.68 Å².